The number of benzene rings is 1. The Bertz CT molecular complexity index is 1040. The van der Waals surface area contributed by atoms with E-state index >= 15 is 4.39 Å². The zero-order chi connectivity index (χ0) is 24.2. The van der Waals surface area contributed by atoms with Crippen LogP contribution in [0.25, 0.3) is 0 Å². The number of imide groups is 1. The Kier molecular flexibility index (Phi) is 5.89. The van der Waals surface area contributed by atoms with Crippen molar-refractivity contribution < 1.29 is 18.8 Å². The van der Waals surface area contributed by atoms with Gasteiger partial charge in [0.1, 0.15) is 11.9 Å². The minimum absolute atomic E-state index is 0.120. The number of piperidine rings is 2. The number of piperazine rings is 1. The van der Waals surface area contributed by atoms with E-state index in [1.54, 1.807) is 0 Å². The average Bonchev–Trinajstić information content (AvgIpc) is 3.62. The number of amides is 3. The van der Waals surface area contributed by atoms with E-state index in [2.05, 4.69) is 20.4 Å². The number of anilines is 1. The summed E-state index contributed by atoms with van der Waals surface area (Å²) in [5.74, 6) is -0.466. The van der Waals surface area contributed by atoms with Gasteiger partial charge in [-0.25, -0.2) is 4.39 Å². The number of hydrogen-bond acceptors (Lipinski definition) is 6. The molecule has 1 saturated carbocycles. The smallest absolute Gasteiger partial charge is 0.249 e. The van der Waals surface area contributed by atoms with Crippen molar-refractivity contribution in [1.29, 1.82) is 0 Å². The molecule has 4 aliphatic heterocycles. The van der Waals surface area contributed by atoms with Crippen molar-refractivity contribution in [2.24, 2.45) is 5.92 Å². The van der Waals surface area contributed by atoms with Gasteiger partial charge >= 0.3 is 0 Å². The first-order valence-corrected chi connectivity index (χ1v) is 13.1. The van der Waals surface area contributed by atoms with Gasteiger partial charge in [0, 0.05) is 51.3 Å². The van der Waals surface area contributed by atoms with Crippen molar-refractivity contribution in [2.75, 3.05) is 50.7 Å². The number of halogens is 1. The van der Waals surface area contributed by atoms with Crippen LogP contribution < -0.4 is 15.5 Å². The predicted molar refractivity (Wildman–Crippen MR) is 128 cm³/mol. The molecule has 1 aromatic rings. The summed E-state index contributed by atoms with van der Waals surface area (Å²) in [4.78, 5) is 43.8. The highest BCUT2D eigenvalue weighted by Gasteiger charge is 2.61. The standard InChI is InChI=1S/C26H34FN5O3/c27-20-14-22-19(26(5-6-26)25(35)32(22)21-1-2-23(33)29-24(21)34)13-18(20)16-31-11-9-30(10-12-31)15-17-3-7-28-8-4-17/h13-14,17,21,28H,1-12,15-16H2,(H,29,33,34). The van der Waals surface area contributed by atoms with E-state index in [9.17, 15) is 14.4 Å². The molecule has 0 bridgehead atoms. The Labute approximate surface area is 205 Å². The van der Waals surface area contributed by atoms with Crippen LogP contribution in [0.5, 0.6) is 0 Å². The minimum Gasteiger partial charge on any atom is -0.317 e. The molecule has 8 nitrogen and oxygen atoms in total. The van der Waals surface area contributed by atoms with Crippen LogP contribution in [0, 0.1) is 11.7 Å². The Morgan fingerprint density at radius 2 is 1.69 bits per heavy atom. The van der Waals surface area contributed by atoms with Gasteiger partial charge in [0.05, 0.1) is 11.1 Å². The average molecular weight is 484 g/mol. The molecule has 6 rings (SSSR count). The fourth-order valence-electron chi connectivity index (χ4n) is 6.41. The van der Waals surface area contributed by atoms with Crippen LogP contribution in [0.4, 0.5) is 10.1 Å². The molecule has 9 heteroatoms. The molecule has 1 atom stereocenters. The van der Waals surface area contributed by atoms with Gasteiger partial charge in [-0.2, -0.15) is 0 Å². The van der Waals surface area contributed by atoms with Gasteiger partial charge in [-0.15, -0.1) is 0 Å². The van der Waals surface area contributed by atoms with Crippen LogP contribution >= 0.6 is 0 Å². The van der Waals surface area contributed by atoms with Crippen LogP contribution in [0.1, 0.15) is 49.7 Å². The molecule has 3 saturated heterocycles. The molecule has 0 radical (unpaired) electrons. The Hall–Kier alpha value is -2.36. The van der Waals surface area contributed by atoms with Crippen LogP contribution in [0.15, 0.2) is 12.1 Å². The lowest BCUT2D eigenvalue weighted by molar-refractivity contribution is -0.135. The monoisotopic (exact) mass is 483 g/mol. The number of nitrogens with zero attached hydrogens (tertiary/aromatic N) is 3. The van der Waals surface area contributed by atoms with Crippen molar-refractivity contribution >= 4 is 23.4 Å². The van der Waals surface area contributed by atoms with E-state index in [4.69, 9.17) is 0 Å². The molecule has 4 fully saturated rings. The van der Waals surface area contributed by atoms with Crippen molar-refractivity contribution in [3.63, 3.8) is 0 Å². The minimum atomic E-state index is -0.753. The lowest BCUT2D eigenvalue weighted by atomic mass is 9.95. The highest BCUT2D eigenvalue weighted by molar-refractivity contribution is 6.15. The van der Waals surface area contributed by atoms with Gasteiger partial charge in [-0.05, 0) is 68.8 Å². The van der Waals surface area contributed by atoms with E-state index in [1.807, 2.05) is 6.07 Å². The molecule has 5 aliphatic rings. The van der Waals surface area contributed by atoms with Crippen molar-refractivity contribution in [3.8, 4) is 0 Å². The summed E-state index contributed by atoms with van der Waals surface area (Å²) in [6.45, 7) is 7.75. The molecule has 1 unspecified atom stereocenters. The first kappa shape index (κ1) is 23.1. The quantitative estimate of drug-likeness (QED) is 0.611. The fourth-order valence-corrected chi connectivity index (χ4v) is 6.41. The number of carbonyl (C=O) groups is 3. The third kappa shape index (κ3) is 4.17. The number of hydrogen-bond donors (Lipinski definition) is 2. The highest BCUT2D eigenvalue weighted by atomic mass is 19.1. The third-order valence-corrected chi connectivity index (χ3v) is 8.67. The van der Waals surface area contributed by atoms with E-state index in [-0.39, 0.29) is 30.5 Å². The van der Waals surface area contributed by atoms with Crippen LogP contribution in [-0.4, -0.2) is 79.4 Å². The summed E-state index contributed by atoms with van der Waals surface area (Å²) in [7, 11) is 0. The van der Waals surface area contributed by atoms with Crippen LogP contribution in [0.2, 0.25) is 0 Å². The molecule has 4 heterocycles. The molecule has 3 amide bonds. The zero-order valence-corrected chi connectivity index (χ0v) is 20.2. The zero-order valence-electron chi connectivity index (χ0n) is 20.2. The largest absolute Gasteiger partial charge is 0.317 e. The van der Waals surface area contributed by atoms with Gasteiger partial charge in [-0.1, -0.05) is 0 Å². The Morgan fingerprint density at radius 3 is 2.37 bits per heavy atom. The summed E-state index contributed by atoms with van der Waals surface area (Å²) in [6.07, 6.45) is 4.41. The molecule has 188 valence electrons. The van der Waals surface area contributed by atoms with E-state index < -0.39 is 17.4 Å². The summed E-state index contributed by atoms with van der Waals surface area (Å²) < 4.78 is 15.3. The first-order chi connectivity index (χ1) is 16.9. The van der Waals surface area contributed by atoms with Gasteiger partial charge in [0.2, 0.25) is 17.7 Å². The summed E-state index contributed by atoms with van der Waals surface area (Å²) in [6, 6.07) is 2.58. The van der Waals surface area contributed by atoms with E-state index in [0.717, 1.165) is 70.1 Å². The van der Waals surface area contributed by atoms with Gasteiger partial charge in [0.15, 0.2) is 0 Å². The second-order valence-electron chi connectivity index (χ2n) is 11.0. The summed E-state index contributed by atoms with van der Waals surface area (Å²) in [5, 5.41) is 5.76. The summed E-state index contributed by atoms with van der Waals surface area (Å²) >= 11 is 0. The Balaban J connectivity index is 1.16. The number of carbonyl (C=O) groups excluding carboxylic acids is 3. The molecule has 2 N–H and O–H groups in total. The second kappa shape index (κ2) is 8.94. The molecule has 1 spiro atoms. The van der Waals surface area contributed by atoms with Gasteiger partial charge in [0.25, 0.3) is 0 Å². The number of rotatable bonds is 5. The SMILES string of the molecule is O=C1CCC(N2C(=O)C3(CC3)c3cc(CN4CCN(CC5CCNCC5)CC4)c(F)cc32)C(=O)N1. The maximum atomic E-state index is 15.3. The lowest BCUT2D eigenvalue weighted by Gasteiger charge is -2.37. The molecule has 35 heavy (non-hydrogen) atoms. The van der Waals surface area contributed by atoms with Crippen LogP contribution in [0.3, 0.4) is 0 Å². The molecular formula is C26H34FN5O3. The van der Waals surface area contributed by atoms with E-state index in [0.29, 0.717) is 17.8 Å². The van der Waals surface area contributed by atoms with Crippen molar-refractivity contribution in [1.82, 2.24) is 20.4 Å². The predicted octanol–water partition coefficient (Wildman–Crippen LogP) is 1.13. The number of fused-ring (bicyclic) bond motifs is 2. The Morgan fingerprint density at radius 1 is 0.971 bits per heavy atom. The highest BCUT2D eigenvalue weighted by Crippen LogP contribution is 2.58. The van der Waals surface area contributed by atoms with Gasteiger partial charge in [-0.3, -0.25) is 29.5 Å². The summed E-state index contributed by atoms with van der Waals surface area (Å²) in [5.41, 5.74) is 1.37. The maximum Gasteiger partial charge on any atom is 0.249 e. The lowest BCUT2D eigenvalue weighted by Crippen LogP contribution is -2.54. The normalized spacial score (nSPS) is 27.4. The second-order valence-corrected chi connectivity index (χ2v) is 11.0. The fraction of sp³-hybridized carbons (Fsp3) is 0.654. The van der Waals surface area contributed by atoms with Crippen molar-refractivity contribution in [3.05, 3.63) is 29.1 Å². The van der Waals surface area contributed by atoms with Gasteiger partial charge < -0.3 is 10.2 Å². The molecular weight excluding hydrogens is 449 g/mol. The first-order valence-electron chi connectivity index (χ1n) is 13.1. The maximum absolute atomic E-state index is 15.3. The van der Waals surface area contributed by atoms with E-state index in [1.165, 1.54) is 23.8 Å². The van der Waals surface area contributed by atoms with Crippen LogP contribution in [-0.2, 0) is 26.3 Å². The molecule has 1 aromatic carbocycles. The molecule has 1 aliphatic carbocycles. The molecule has 0 aromatic heterocycles. The topological polar surface area (TPSA) is 85.0 Å². The van der Waals surface area contributed by atoms with Crippen molar-refractivity contribution in [2.45, 2.75) is 56.5 Å². The third-order valence-electron chi connectivity index (χ3n) is 8.67. The number of nitrogens with one attached hydrogen (secondary N) is 2.